The predicted octanol–water partition coefficient (Wildman–Crippen LogP) is 4.64. The third-order valence-electron chi connectivity index (χ3n) is 4.50. The van der Waals surface area contributed by atoms with E-state index in [4.69, 9.17) is 23.2 Å². The normalized spacial score (nSPS) is 13.7. The maximum atomic E-state index is 12.8. The van der Waals surface area contributed by atoms with E-state index in [9.17, 15) is 13.2 Å². The van der Waals surface area contributed by atoms with Gasteiger partial charge in [-0.05, 0) is 57.0 Å². The average Bonchev–Trinajstić information content (AvgIpc) is 2.56. The zero-order chi connectivity index (χ0) is 21.2. The topological polar surface area (TPSA) is 66.5 Å². The van der Waals surface area contributed by atoms with Gasteiger partial charge in [0, 0.05) is 0 Å². The molecule has 2 rings (SSSR count). The van der Waals surface area contributed by atoms with Gasteiger partial charge in [-0.2, -0.15) is 0 Å². The Kier molecular flexibility index (Phi) is 7.02. The second-order valence-electron chi connectivity index (χ2n) is 6.92. The Bertz CT molecular complexity index is 993. The summed E-state index contributed by atoms with van der Waals surface area (Å²) in [5, 5.41) is 3.42. The standard InChI is InChI=1S/C20H24Cl2N2O3S/c1-12-6-8-17(13(2)10-12)14(3)23-20(25)15(4)24(28(5,26)27)16-7-9-18(21)19(22)11-16/h6-11,14-15H,1-5H3,(H,23,25)/t14-,15+/m0/s1. The fourth-order valence-electron chi connectivity index (χ4n) is 3.15. The molecule has 0 aliphatic rings. The number of aryl methyl sites for hydroxylation is 2. The van der Waals surface area contributed by atoms with E-state index in [1.165, 1.54) is 25.1 Å². The summed E-state index contributed by atoms with van der Waals surface area (Å²) in [6.45, 7) is 7.39. The summed E-state index contributed by atoms with van der Waals surface area (Å²) >= 11 is 12.0. The van der Waals surface area contributed by atoms with Crippen LogP contribution >= 0.6 is 23.2 Å². The van der Waals surface area contributed by atoms with Gasteiger partial charge in [0.05, 0.1) is 28.0 Å². The highest BCUT2D eigenvalue weighted by Gasteiger charge is 2.30. The number of hydrogen-bond acceptors (Lipinski definition) is 3. The lowest BCUT2D eigenvalue weighted by molar-refractivity contribution is -0.122. The van der Waals surface area contributed by atoms with Crippen molar-refractivity contribution in [2.24, 2.45) is 0 Å². The number of anilines is 1. The van der Waals surface area contributed by atoms with Crippen LogP contribution in [0.3, 0.4) is 0 Å². The Morgan fingerprint density at radius 2 is 1.68 bits per heavy atom. The molecule has 1 amide bonds. The van der Waals surface area contributed by atoms with Crippen LogP contribution in [-0.4, -0.2) is 26.6 Å². The fourth-order valence-corrected chi connectivity index (χ4v) is 4.61. The quantitative estimate of drug-likeness (QED) is 0.707. The molecule has 0 aliphatic carbocycles. The molecule has 0 fully saturated rings. The molecule has 28 heavy (non-hydrogen) atoms. The van der Waals surface area contributed by atoms with Gasteiger partial charge in [0.15, 0.2) is 0 Å². The molecule has 0 aromatic heterocycles. The maximum absolute atomic E-state index is 12.8. The number of halogens is 2. The van der Waals surface area contributed by atoms with Gasteiger partial charge in [0.2, 0.25) is 15.9 Å². The Balaban J connectivity index is 2.29. The van der Waals surface area contributed by atoms with Crippen LogP contribution < -0.4 is 9.62 Å². The number of carbonyl (C=O) groups is 1. The Labute approximate surface area is 176 Å². The Hall–Kier alpha value is -1.76. The number of amides is 1. The molecule has 0 radical (unpaired) electrons. The molecule has 0 aliphatic heterocycles. The van der Waals surface area contributed by atoms with Crippen molar-refractivity contribution in [3.05, 3.63) is 63.1 Å². The van der Waals surface area contributed by atoms with Gasteiger partial charge in [-0.15, -0.1) is 0 Å². The monoisotopic (exact) mass is 442 g/mol. The highest BCUT2D eigenvalue weighted by Crippen LogP contribution is 2.30. The Morgan fingerprint density at radius 3 is 2.21 bits per heavy atom. The SMILES string of the molecule is Cc1ccc([C@H](C)NC(=O)[C@@H](C)N(c2ccc(Cl)c(Cl)c2)S(C)(=O)=O)c(C)c1. The molecule has 2 aromatic rings. The first-order valence-electron chi connectivity index (χ1n) is 8.73. The third kappa shape index (κ3) is 5.19. The van der Waals surface area contributed by atoms with Gasteiger partial charge in [-0.1, -0.05) is 47.0 Å². The van der Waals surface area contributed by atoms with Crippen LogP contribution in [0.2, 0.25) is 10.0 Å². The summed E-state index contributed by atoms with van der Waals surface area (Å²) in [5.41, 5.74) is 3.45. The average molecular weight is 443 g/mol. The molecule has 152 valence electrons. The number of carbonyl (C=O) groups excluding carboxylic acids is 1. The van der Waals surface area contributed by atoms with Gasteiger partial charge in [0.25, 0.3) is 0 Å². The Morgan fingerprint density at radius 1 is 1.04 bits per heavy atom. The number of nitrogens with zero attached hydrogens (tertiary/aromatic N) is 1. The lowest BCUT2D eigenvalue weighted by Gasteiger charge is -2.29. The largest absolute Gasteiger partial charge is 0.348 e. The van der Waals surface area contributed by atoms with Crippen molar-refractivity contribution in [2.45, 2.75) is 39.8 Å². The van der Waals surface area contributed by atoms with Gasteiger partial charge in [-0.3, -0.25) is 9.10 Å². The molecule has 0 heterocycles. The smallest absolute Gasteiger partial charge is 0.244 e. The maximum Gasteiger partial charge on any atom is 0.244 e. The molecule has 8 heteroatoms. The van der Waals surface area contributed by atoms with Crippen LogP contribution in [0, 0.1) is 13.8 Å². The van der Waals surface area contributed by atoms with Crippen molar-refractivity contribution < 1.29 is 13.2 Å². The number of rotatable bonds is 6. The van der Waals surface area contributed by atoms with E-state index in [0.29, 0.717) is 5.02 Å². The summed E-state index contributed by atoms with van der Waals surface area (Å²) in [7, 11) is -3.74. The fraction of sp³-hybridized carbons (Fsp3) is 0.350. The first-order chi connectivity index (χ1) is 12.9. The number of sulfonamides is 1. The second-order valence-corrected chi connectivity index (χ2v) is 9.60. The van der Waals surface area contributed by atoms with E-state index in [2.05, 4.69) is 5.32 Å². The summed E-state index contributed by atoms with van der Waals surface area (Å²) in [6, 6.07) is 9.20. The third-order valence-corrected chi connectivity index (χ3v) is 6.48. The van der Waals surface area contributed by atoms with E-state index in [-0.39, 0.29) is 16.8 Å². The molecular weight excluding hydrogens is 419 g/mol. The molecule has 2 atom stereocenters. The zero-order valence-corrected chi connectivity index (χ0v) is 18.8. The van der Waals surface area contributed by atoms with E-state index in [0.717, 1.165) is 27.3 Å². The summed E-state index contributed by atoms with van der Waals surface area (Å²) in [4.78, 5) is 12.8. The van der Waals surface area contributed by atoms with Crippen LogP contribution in [0.1, 0.15) is 36.6 Å². The van der Waals surface area contributed by atoms with Gasteiger partial charge in [0.1, 0.15) is 6.04 Å². The van der Waals surface area contributed by atoms with Crippen molar-refractivity contribution >= 4 is 44.8 Å². The number of hydrogen-bond donors (Lipinski definition) is 1. The van der Waals surface area contributed by atoms with E-state index in [1.807, 2.05) is 39.0 Å². The van der Waals surface area contributed by atoms with E-state index in [1.54, 1.807) is 0 Å². The van der Waals surface area contributed by atoms with Gasteiger partial charge in [-0.25, -0.2) is 8.42 Å². The van der Waals surface area contributed by atoms with Crippen LogP contribution in [0.5, 0.6) is 0 Å². The lowest BCUT2D eigenvalue weighted by Crippen LogP contribution is -2.48. The predicted molar refractivity (Wildman–Crippen MR) is 116 cm³/mol. The molecule has 0 saturated carbocycles. The summed E-state index contributed by atoms with van der Waals surface area (Å²) < 4.78 is 25.8. The molecule has 0 spiro atoms. The molecule has 0 bridgehead atoms. The van der Waals surface area contributed by atoms with Crippen LogP contribution in [0.15, 0.2) is 36.4 Å². The van der Waals surface area contributed by atoms with Crippen molar-refractivity contribution in [3.63, 3.8) is 0 Å². The van der Waals surface area contributed by atoms with Gasteiger partial charge >= 0.3 is 0 Å². The van der Waals surface area contributed by atoms with E-state index < -0.39 is 22.0 Å². The highest BCUT2D eigenvalue weighted by atomic mass is 35.5. The van der Waals surface area contributed by atoms with Crippen molar-refractivity contribution in [1.82, 2.24) is 5.32 Å². The number of nitrogens with one attached hydrogen (secondary N) is 1. The molecule has 0 saturated heterocycles. The molecule has 2 aromatic carbocycles. The first kappa shape index (κ1) is 22.5. The minimum atomic E-state index is -3.74. The molecule has 5 nitrogen and oxygen atoms in total. The van der Waals surface area contributed by atoms with Crippen molar-refractivity contribution in [2.75, 3.05) is 10.6 Å². The van der Waals surface area contributed by atoms with E-state index >= 15 is 0 Å². The van der Waals surface area contributed by atoms with Crippen LogP contribution in [-0.2, 0) is 14.8 Å². The highest BCUT2D eigenvalue weighted by molar-refractivity contribution is 7.92. The lowest BCUT2D eigenvalue weighted by atomic mass is 10.00. The zero-order valence-electron chi connectivity index (χ0n) is 16.5. The minimum Gasteiger partial charge on any atom is -0.348 e. The summed E-state index contributed by atoms with van der Waals surface area (Å²) in [5.74, 6) is -0.413. The summed E-state index contributed by atoms with van der Waals surface area (Å²) in [6.07, 6.45) is 1.05. The molecule has 0 unspecified atom stereocenters. The second kappa shape index (κ2) is 8.72. The first-order valence-corrected chi connectivity index (χ1v) is 11.3. The van der Waals surface area contributed by atoms with Crippen LogP contribution in [0.25, 0.3) is 0 Å². The number of benzene rings is 2. The van der Waals surface area contributed by atoms with Gasteiger partial charge < -0.3 is 5.32 Å². The van der Waals surface area contributed by atoms with Crippen molar-refractivity contribution in [3.8, 4) is 0 Å². The molecular formula is C20H24Cl2N2O3S. The van der Waals surface area contributed by atoms with Crippen molar-refractivity contribution in [1.29, 1.82) is 0 Å². The van der Waals surface area contributed by atoms with Crippen LogP contribution in [0.4, 0.5) is 5.69 Å². The molecule has 1 N–H and O–H groups in total. The minimum absolute atomic E-state index is 0.212.